The van der Waals surface area contributed by atoms with Gasteiger partial charge in [0.05, 0.1) is 6.04 Å². The third kappa shape index (κ3) is 6.01. The largest absolute Gasteiger partial charge is 0.480 e. The number of rotatable bonds is 9. The smallest absolute Gasteiger partial charge is 0.320 e. The highest BCUT2D eigenvalue weighted by molar-refractivity contribution is 5.73. The molecule has 2 unspecified atom stereocenters. The van der Waals surface area contributed by atoms with Crippen molar-refractivity contribution in [2.45, 2.75) is 58.2 Å². The zero-order valence-corrected chi connectivity index (χ0v) is 21.2. The zero-order chi connectivity index (χ0) is 24.8. The number of carbonyl (C=O) groups is 1. The van der Waals surface area contributed by atoms with E-state index in [1.54, 1.807) is 0 Å². The lowest BCUT2D eigenvalue weighted by atomic mass is 9.93. The van der Waals surface area contributed by atoms with E-state index >= 15 is 0 Å². The van der Waals surface area contributed by atoms with Crippen LogP contribution >= 0.6 is 0 Å². The summed E-state index contributed by atoms with van der Waals surface area (Å²) < 4.78 is 0. The normalized spacial score (nSPS) is 18.8. The molecule has 1 heterocycles. The molecular weight excluding hydrogens is 432 g/mol. The molecule has 4 heteroatoms. The van der Waals surface area contributed by atoms with Crippen molar-refractivity contribution in [2.75, 3.05) is 19.6 Å². The maximum absolute atomic E-state index is 12.0. The van der Waals surface area contributed by atoms with E-state index in [0.717, 1.165) is 38.9 Å². The Balaban J connectivity index is 1.58. The van der Waals surface area contributed by atoms with Crippen LogP contribution in [0.5, 0.6) is 0 Å². The Morgan fingerprint density at radius 2 is 1.66 bits per heavy atom. The van der Waals surface area contributed by atoms with Crippen LogP contribution in [-0.2, 0) is 4.79 Å². The van der Waals surface area contributed by atoms with Crippen LogP contribution in [0.1, 0.15) is 55.8 Å². The van der Waals surface area contributed by atoms with E-state index in [0.29, 0.717) is 0 Å². The van der Waals surface area contributed by atoms with E-state index in [2.05, 4.69) is 109 Å². The van der Waals surface area contributed by atoms with Crippen LogP contribution in [-0.4, -0.2) is 52.6 Å². The standard InChI is InChI=1S/C31H38N2O2/c1-4-5-14-29(31(34)35)33-20-19-32(22-24(33)3)30(26-11-7-6-8-12-26)27-17-15-25(16-18-27)28-13-9-10-23(2)21-28/h6-13,15-18,21,24,29-30H,4-5,14,19-20,22H2,1-3H3,(H,34,35)/t24?,29?,30-/m1/s1. The first-order valence-electron chi connectivity index (χ1n) is 12.9. The monoisotopic (exact) mass is 470 g/mol. The molecule has 0 radical (unpaired) electrons. The van der Waals surface area contributed by atoms with Gasteiger partial charge in [0.1, 0.15) is 6.04 Å². The van der Waals surface area contributed by atoms with E-state index in [1.807, 2.05) is 0 Å². The lowest BCUT2D eigenvalue weighted by Crippen LogP contribution is -2.57. The molecule has 35 heavy (non-hydrogen) atoms. The Labute approximate surface area is 210 Å². The van der Waals surface area contributed by atoms with Crippen LogP contribution in [0.25, 0.3) is 11.1 Å². The molecule has 1 N–H and O–H groups in total. The number of unbranched alkanes of at least 4 members (excludes halogenated alkanes) is 1. The average Bonchev–Trinajstić information content (AvgIpc) is 2.86. The van der Waals surface area contributed by atoms with Gasteiger partial charge in [-0.2, -0.15) is 0 Å². The Bertz CT molecular complexity index is 1100. The number of carboxylic acid groups (broad SMARTS) is 1. The first kappa shape index (κ1) is 25.2. The summed E-state index contributed by atoms with van der Waals surface area (Å²) in [5.74, 6) is -0.690. The van der Waals surface area contributed by atoms with Crippen LogP contribution in [0.2, 0.25) is 0 Å². The SMILES string of the molecule is CCCCC(C(=O)O)N1CCN([C@H](c2ccccc2)c2ccc(-c3cccc(C)c3)cc2)CC1C. The predicted octanol–water partition coefficient (Wildman–Crippen LogP) is 6.40. The van der Waals surface area contributed by atoms with Crippen molar-refractivity contribution < 1.29 is 9.90 Å². The summed E-state index contributed by atoms with van der Waals surface area (Å²) >= 11 is 0. The van der Waals surface area contributed by atoms with Gasteiger partial charge in [0.2, 0.25) is 0 Å². The van der Waals surface area contributed by atoms with Gasteiger partial charge in [0.15, 0.2) is 0 Å². The summed E-state index contributed by atoms with van der Waals surface area (Å²) in [5.41, 5.74) is 6.27. The summed E-state index contributed by atoms with van der Waals surface area (Å²) in [4.78, 5) is 16.8. The first-order valence-corrected chi connectivity index (χ1v) is 12.9. The number of piperazine rings is 1. The highest BCUT2D eigenvalue weighted by atomic mass is 16.4. The second-order valence-corrected chi connectivity index (χ2v) is 9.88. The topological polar surface area (TPSA) is 43.8 Å². The summed E-state index contributed by atoms with van der Waals surface area (Å²) in [6, 6.07) is 28.2. The molecule has 0 saturated carbocycles. The second-order valence-electron chi connectivity index (χ2n) is 9.88. The number of nitrogens with zero attached hydrogens (tertiary/aromatic N) is 2. The van der Waals surface area contributed by atoms with Gasteiger partial charge in [-0.15, -0.1) is 0 Å². The number of benzene rings is 3. The number of hydrogen-bond donors (Lipinski definition) is 1. The molecule has 1 saturated heterocycles. The van der Waals surface area contributed by atoms with Gasteiger partial charge in [-0.05, 0) is 42.5 Å². The van der Waals surface area contributed by atoms with Crippen LogP contribution in [0, 0.1) is 6.92 Å². The maximum atomic E-state index is 12.0. The zero-order valence-electron chi connectivity index (χ0n) is 21.2. The molecule has 1 aliphatic heterocycles. The quantitative estimate of drug-likeness (QED) is 0.393. The van der Waals surface area contributed by atoms with Crippen LogP contribution in [0.15, 0.2) is 78.9 Å². The molecule has 0 spiro atoms. The van der Waals surface area contributed by atoms with E-state index in [4.69, 9.17) is 0 Å². The van der Waals surface area contributed by atoms with Crippen LogP contribution in [0.4, 0.5) is 0 Å². The number of hydrogen-bond acceptors (Lipinski definition) is 3. The van der Waals surface area contributed by atoms with Crippen molar-refractivity contribution in [2.24, 2.45) is 0 Å². The van der Waals surface area contributed by atoms with Crippen molar-refractivity contribution in [1.29, 1.82) is 0 Å². The molecule has 3 aromatic rings. The molecule has 0 amide bonds. The minimum Gasteiger partial charge on any atom is -0.480 e. The average molecular weight is 471 g/mol. The van der Waals surface area contributed by atoms with Gasteiger partial charge >= 0.3 is 5.97 Å². The molecule has 184 valence electrons. The predicted molar refractivity (Wildman–Crippen MR) is 144 cm³/mol. The highest BCUT2D eigenvalue weighted by Gasteiger charge is 2.35. The van der Waals surface area contributed by atoms with Crippen molar-refractivity contribution in [3.63, 3.8) is 0 Å². The molecule has 0 bridgehead atoms. The minimum absolute atomic E-state index is 0.145. The molecule has 1 aliphatic rings. The molecule has 3 aromatic carbocycles. The number of carboxylic acids is 1. The van der Waals surface area contributed by atoms with Gasteiger partial charge in [-0.3, -0.25) is 14.6 Å². The van der Waals surface area contributed by atoms with E-state index in [1.165, 1.54) is 27.8 Å². The fourth-order valence-corrected chi connectivity index (χ4v) is 5.46. The lowest BCUT2D eigenvalue weighted by Gasteiger charge is -2.45. The Kier molecular flexibility index (Phi) is 8.37. The Hall–Kier alpha value is -2.95. The Morgan fingerprint density at radius 3 is 2.29 bits per heavy atom. The minimum atomic E-state index is -0.690. The molecule has 0 aromatic heterocycles. The number of aryl methyl sites for hydroxylation is 1. The van der Waals surface area contributed by atoms with Crippen molar-refractivity contribution in [3.05, 3.63) is 95.6 Å². The maximum Gasteiger partial charge on any atom is 0.320 e. The van der Waals surface area contributed by atoms with Gasteiger partial charge < -0.3 is 5.11 Å². The van der Waals surface area contributed by atoms with Gasteiger partial charge in [-0.1, -0.05) is 104 Å². The van der Waals surface area contributed by atoms with Crippen LogP contribution < -0.4 is 0 Å². The second kappa shape index (κ2) is 11.7. The van der Waals surface area contributed by atoms with Crippen molar-refractivity contribution in [3.8, 4) is 11.1 Å². The van der Waals surface area contributed by atoms with E-state index in [-0.39, 0.29) is 12.1 Å². The summed E-state index contributed by atoms with van der Waals surface area (Å²) in [5, 5.41) is 9.88. The first-order chi connectivity index (χ1) is 17.0. The summed E-state index contributed by atoms with van der Waals surface area (Å²) in [6.45, 7) is 8.88. The van der Waals surface area contributed by atoms with Gasteiger partial charge in [0.25, 0.3) is 0 Å². The van der Waals surface area contributed by atoms with Gasteiger partial charge in [0, 0.05) is 25.7 Å². The summed E-state index contributed by atoms with van der Waals surface area (Å²) in [7, 11) is 0. The third-order valence-corrected chi connectivity index (χ3v) is 7.29. The lowest BCUT2D eigenvalue weighted by molar-refractivity contribution is -0.146. The molecular formula is C31H38N2O2. The third-order valence-electron chi connectivity index (χ3n) is 7.29. The molecule has 3 atom stereocenters. The van der Waals surface area contributed by atoms with E-state index in [9.17, 15) is 9.90 Å². The highest BCUT2D eigenvalue weighted by Crippen LogP contribution is 2.33. The summed E-state index contributed by atoms with van der Waals surface area (Å²) in [6.07, 6.45) is 2.69. The molecule has 0 aliphatic carbocycles. The number of aliphatic carboxylic acids is 1. The van der Waals surface area contributed by atoms with E-state index < -0.39 is 12.0 Å². The molecule has 4 nitrogen and oxygen atoms in total. The Morgan fingerprint density at radius 1 is 0.943 bits per heavy atom. The van der Waals surface area contributed by atoms with Crippen molar-refractivity contribution in [1.82, 2.24) is 9.80 Å². The molecule has 1 fully saturated rings. The molecule has 4 rings (SSSR count). The van der Waals surface area contributed by atoms with Gasteiger partial charge in [-0.25, -0.2) is 0 Å². The fraction of sp³-hybridized carbons (Fsp3) is 0.387. The fourth-order valence-electron chi connectivity index (χ4n) is 5.46. The van der Waals surface area contributed by atoms with Crippen LogP contribution in [0.3, 0.4) is 0 Å². The van der Waals surface area contributed by atoms with Crippen molar-refractivity contribution >= 4 is 5.97 Å².